The van der Waals surface area contributed by atoms with Crippen molar-refractivity contribution in [3.05, 3.63) is 16.3 Å². The molecular weight excluding hydrogens is 254 g/mol. The van der Waals surface area contributed by atoms with Gasteiger partial charge in [-0.1, -0.05) is 0 Å². The molecule has 0 spiro atoms. The molecule has 0 saturated carbocycles. The number of aromatic carboxylic acids is 1. The van der Waals surface area contributed by atoms with Crippen molar-refractivity contribution in [2.45, 2.75) is 31.8 Å². The lowest BCUT2D eigenvalue weighted by atomic mass is 10.1. The lowest BCUT2D eigenvalue weighted by molar-refractivity contribution is -0.116. The fourth-order valence-corrected chi connectivity index (χ4v) is 2.64. The third kappa shape index (κ3) is 3.30. The molecule has 2 heterocycles. The van der Waals surface area contributed by atoms with Gasteiger partial charge in [-0.2, -0.15) is 0 Å². The molecule has 1 aliphatic rings. The number of nitrogens with one attached hydrogen (secondary N) is 1. The van der Waals surface area contributed by atoms with Gasteiger partial charge in [-0.15, -0.1) is 11.3 Å². The third-order valence-electron chi connectivity index (χ3n) is 2.85. The molecule has 1 aromatic heterocycles. The molecule has 2 rings (SSSR count). The van der Waals surface area contributed by atoms with Gasteiger partial charge < -0.3 is 15.2 Å². The summed E-state index contributed by atoms with van der Waals surface area (Å²) in [6.07, 6.45) is 3.29. The van der Waals surface area contributed by atoms with Crippen molar-refractivity contribution >= 4 is 28.9 Å². The van der Waals surface area contributed by atoms with Crippen molar-refractivity contribution in [2.24, 2.45) is 0 Å². The van der Waals surface area contributed by atoms with E-state index < -0.39 is 5.97 Å². The van der Waals surface area contributed by atoms with Gasteiger partial charge in [0.15, 0.2) is 0 Å². The molecule has 1 fully saturated rings. The maximum Gasteiger partial charge on any atom is 0.348 e. The predicted octanol–water partition coefficient (Wildman–Crippen LogP) is 2.34. The summed E-state index contributed by atoms with van der Waals surface area (Å²) in [5.74, 6) is -1.18. The van der Waals surface area contributed by atoms with Gasteiger partial charge in [-0.05, 0) is 30.7 Å². The lowest BCUT2D eigenvalue weighted by Gasteiger charge is -2.09. The number of amides is 1. The van der Waals surface area contributed by atoms with Crippen molar-refractivity contribution in [3.63, 3.8) is 0 Å². The number of hydrogen-bond acceptors (Lipinski definition) is 4. The zero-order valence-corrected chi connectivity index (χ0v) is 10.7. The first-order valence-corrected chi connectivity index (χ1v) is 6.77. The number of carbonyl (C=O) groups is 2. The molecule has 5 nitrogen and oxygen atoms in total. The number of ether oxygens (including phenoxy) is 1. The Morgan fingerprint density at radius 1 is 1.56 bits per heavy atom. The number of anilines is 1. The van der Waals surface area contributed by atoms with Crippen LogP contribution in [-0.2, 0) is 9.53 Å². The molecule has 1 amide bonds. The van der Waals surface area contributed by atoms with E-state index in [9.17, 15) is 9.59 Å². The Morgan fingerprint density at radius 2 is 2.39 bits per heavy atom. The van der Waals surface area contributed by atoms with Crippen molar-refractivity contribution < 1.29 is 19.4 Å². The Kier molecular flexibility index (Phi) is 4.33. The fraction of sp³-hybridized carbons (Fsp3) is 0.500. The minimum atomic E-state index is -1.01. The van der Waals surface area contributed by atoms with Crippen molar-refractivity contribution in [1.82, 2.24) is 0 Å². The molecule has 98 valence electrons. The Labute approximate surface area is 109 Å². The van der Waals surface area contributed by atoms with E-state index >= 15 is 0 Å². The van der Waals surface area contributed by atoms with Gasteiger partial charge in [0.25, 0.3) is 0 Å². The second kappa shape index (κ2) is 5.97. The molecule has 1 saturated heterocycles. The summed E-state index contributed by atoms with van der Waals surface area (Å²) >= 11 is 1.10. The highest BCUT2D eigenvalue weighted by Gasteiger charge is 2.18. The zero-order chi connectivity index (χ0) is 13.0. The zero-order valence-electron chi connectivity index (χ0n) is 9.85. The second-order valence-corrected chi connectivity index (χ2v) is 5.11. The van der Waals surface area contributed by atoms with Crippen molar-refractivity contribution in [3.8, 4) is 0 Å². The Bertz CT molecular complexity index is 437. The van der Waals surface area contributed by atoms with Gasteiger partial charge >= 0.3 is 5.97 Å². The van der Waals surface area contributed by atoms with Crippen LogP contribution < -0.4 is 5.32 Å². The highest BCUT2D eigenvalue weighted by Crippen LogP contribution is 2.23. The molecule has 0 bridgehead atoms. The summed E-state index contributed by atoms with van der Waals surface area (Å²) in [7, 11) is 0. The quantitative estimate of drug-likeness (QED) is 0.860. The molecule has 1 aliphatic heterocycles. The number of carbonyl (C=O) groups excluding carboxylic acids is 1. The van der Waals surface area contributed by atoms with Crippen LogP contribution in [-0.4, -0.2) is 29.7 Å². The Hall–Kier alpha value is -1.40. The van der Waals surface area contributed by atoms with E-state index in [0.29, 0.717) is 18.5 Å². The lowest BCUT2D eigenvalue weighted by Crippen LogP contribution is -2.16. The molecule has 0 aliphatic carbocycles. The van der Waals surface area contributed by atoms with Crippen LogP contribution >= 0.6 is 11.3 Å². The van der Waals surface area contributed by atoms with Crippen LogP contribution in [0.15, 0.2) is 11.4 Å². The van der Waals surface area contributed by atoms with Crippen LogP contribution in [0.25, 0.3) is 0 Å². The van der Waals surface area contributed by atoms with Crippen LogP contribution in [0, 0.1) is 0 Å². The predicted molar refractivity (Wildman–Crippen MR) is 68.1 cm³/mol. The SMILES string of the molecule is O=C(CCC1CCCO1)Nc1ccsc1C(=O)O. The minimum absolute atomic E-state index is 0.161. The monoisotopic (exact) mass is 269 g/mol. The average Bonchev–Trinajstić information content (AvgIpc) is 2.96. The first-order chi connectivity index (χ1) is 8.66. The van der Waals surface area contributed by atoms with E-state index in [2.05, 4.69) is 5.32 Å². The summed E-state index contributed by atoms with van der Waals surface area (Å²) in [5.41, 5.74) is 0.379. The summed E-state index contributed by atoms with van der Waals surface area (Å²) in [5, 5.41) is 13.2. The highest BCUT2D eigenvalue weighted by atomic mass is 32.1. The first kappa shape index (κ1) is 13.0. The first-order valence-electron chi connectivity index (χ1n) is 5.89. The van der Waals surface area contributed by atoms with Gasteiger partial charge in [-0.3, -0.25) is 4.79 Å². The van der Waals surface area contributed by atoms with E-state index in [-0.39, 0.29) is 16.9 Å². The molecule has 1 aromatic rings. The number of hydrogen-bond donors (Lipinski definition) is 2. The standard InChI is InChI=1S/C12H15NO4S/c14-10(4-3-8-2-1-6-17-8)13-9-5-7-18-11(9)12(15)16/h5,7-8H,1-4,6H2,(H,13,14)(H,15,16). The van der Waals surface area contributed by atoms with E-state index in [4.69, 9.17) is 9.84 Å². The molecule has 6 heteroatoms. The molecule has 0 radical (unpaired) electrons. The molecule has 1 atom stereocenters. The normalized spacial score (nSPS) is 18.8. The van der Waals surface area contributed by atoms with E-state index in [1.165, 1.54) is 0 Å². The average molecular weight is 269 g/mol. The van der Waals surface area contributed by atoms with Gasteiger partial charge in [0.1, 0.15) is 4.88 Å². The van der Waals surface area contributed by atoms with E-state index in [1.54, 1.807) is 11.4 Å². The van der Waals surface area contributed by atoms with Crippen molar-refractivity contribution in [1.29, 1.82) is 0 Å². The van der Waals surface area contributed by atoms with E-state index in [0.717, 1.165) is 30.8 Å². The molecule has 18 heavy (non-hydrogen) atoms. The van der Waals surface area contributed by atoms with Gasteiger partial charge in [0.2, 0.25) is 5.91 Å². The number of thiophene rings is 1. The van der Waals surface area contributed by atoms with Crippen molar-refractivity contribution in [2.75, 3.05) is 11.9 Å². The topological polar surface area (TPSA) is 75.6 Å². The Balaban J connectivity index is 1.82. The summed E-state index contributed by atoms with van der Waals surface area (Å²) in [6.45, 7) is 0.778. The summed E-state index contributed by atoms with van der Waals surface area (Å²) in [6, 6.07) is 1.61. The van der Waals surface area contributed by atoms with Crippen LogP contribution in [0.2, 0.25) is 0 Å². The van der Waals surface area contributed by atoms with Crippen LogP contribution in [0.5, 0.6) is 0 Å². The number of carboxylic acids is 1. The maximum atomic E-state index is 11.7. The molecule has 1 unspecified atom stereocenters. The van der Waals surface area contributed by atoms with Crippen LogP contribution in [0.3, 0.4) is 0 Å². The van der Waals surface area contributed by atoms with Gasteiger partial charge in [0.05, 0.1) is 11.8 Å². The number of carboxylic acid groups (broad SMARTS) is 1. The van der Waals surface area contributed by atoms with Gasteiger partial charge in [-0.25, -0.2) is 4.79 Å². The summed E-state index contributed by atoms with van der Waals surface area (Å²) < 4.78 is 5.43. The van der Waals surface area contributed by atoms with Crippen LogP contribution in [0.4, 0.5) is 5.69 Å². The minimum Gasteiger partial charge on any atom is -0.477 e. The maximum absolute atomic E-state index is 11.7. The van der Waals surface area contributed by atoms with Crippen LogP contribution in [0.1, 0.15) is 35.4 Å². The molecular formula is C12H15NO4S. The molecule has 2 N–H and O–H groups in total. The number of rotatable bonds is 5. The van der Waals surface area contributed by atoms with E-state index in [1.807, 2.05) is 0 Å². The molecule has 0 aromatic carbocycles. The Morgan fingerprint density at radius 3 is 3.06 bits per heavy atom. The summed E-state index contributed by atoms with van der Waals surface area (Å²) in [4.78, 5) is 22.7. The highest BCUT2D eigenvalue weighted by molar-refractivity contribution is 7.12. The van der Waals surface area contributed by atoms with Gasteiger partial charge in [0, 0.05) is 13.0 Å². The second-order valence-electron chi connectivity index (χ2n) is 4.19. The smallest absolute Gasteiger partial charge is 0.348 e. The third-order valence-corrected chi connectivity index (χ3v) is 3.75. The largest absolute Gasteiger partial charge is 0.477 e. The fourth-order valence-electron chi connectivity index (χ4n) is 1.95.